The number of allylic oxidation sites excluding steroid dienone is 6. The van der Waals surface area contributed by atoms with Crippen LogP contribution in [-0.4, -0.2) is 12.1 Å². The van der Waals surface area contributed by atoms with Gasteiger partial charge in [-0.25, -0.2) is 0 Å². The molecule has 1 heteroatoms. The van der Waals surface area contributed by atoms with Crippen LogP contribution in [0.15, 0.2) is 47.6 Å². The maximum absolute atomic E-state index is 3.88. The SMILES string of the molecule is C/C=C\C(C)C(CCC1=CC2/C(=C/CC)C(C)NC2C(C)C1)C1CC=CCC1. The van der Waals surface area contributed by atoms with E-state index in [9.17, 15) is 0 Å². The molecule has 1 N–H and O–H groups in total. The van der Waals surface area contributed by atoms with Crippen molar-refractivity contribution >= 4 is 0 Å². The highest BCUT2D eigenvalue weighted by molar-refractivity contribution is 5.32. The molecule has 0 spiro atoms. The summed E-state index contributed by atoms with van der Waals surface area (Å²) in [5.41, 5.74) is 3.38. The molecule has 2 aliphatic carbocycles. The summed E-state index contributed by atoms with van der Waals surface area (Å²) < 4.78 is 0. The van der Waals surface area contributed by atoms with Crippen molar-refractivity contribution in [3.8, 4) is 0 Å². The third-order valence-corrected chi connectivity index (χ3v) is 7.65. The second kappa shape index (κ2) is 10.1. The van der Waals surface area contributed by atoms with Crippen molar-refractivity contribution in [1.82, 2.24) is 5.32 Å². The van der Waals surface area contributed by atoms with E-state index in [0.29, 0.717) is 23.9 Å². The molecule has 1 heterocycles. The van der Waals surface area contributed by atoms with Gasteiger partial charge in [0.2, 0.25) is 0 Å². The van der Waals surface area contributed by atoms with E-state index in [0.717, 1.165) is 24.2 Å². The van der Waals surface area contributed by atoms with E-state index in [1.807, 2.05) is 0 Å². The molecule has 1 saturated heterocycles. The van der Waals surface area contributed by atoms with Crippen molar-refractivity contribution in [1.29, 1.82) is 0 Å². The molecule has 28 heavy (non-hydrogen) atoms. The largest absolute Gasteiger partial charge is 0.307 e. The molecule has 0 amide bonds. The molecule has 7 atom stereocenters. The summed E-state index contributed by atoms with van der Waals surface area (Å²) in [5.74, 6) is 3.77. The Kier molecular flexibility index (Phi) is 7.80. The van der Waals surface area contributed by atoms with Crippen LogP contribution in [0.5, 0.6) is 0 Å². The second-order valence-electron chi connectivity index (χ2n) is 9.69. The zero-order valence-corrected chi connectivity index (χ0v) is 19.0. The molecule has 7 unspecified atom stereocenters. The summed E-state index contributed by atoms with van der Waals surface area (Å²) in [6.45, 7) is 11.7. The van der Waals surface area contributed by atoms with Crippen molar-refractivity contribution in [3.63, 3.8) is 0 Å². The van der Waals surface area contributed by atoms with Crippen LogP contribution in [-0.2, 0) is 0 Å². The van der Waals surface area contributed by atoms with Crippen molar-refractivity contribution in [2.45, 2.75) is 91.6 Å². The number of fused-ring (bicyclic) bond motifs is 1. The number of nitrogens with one attached hydrogen (secondary N) is 1. The Bertz CT molecular complexity index is 622. The molecule has 0 aromatic carbocycles. The van der Waals surface area contributed by atoms with Gasteiger partial charge in [-0.3, -0.25) is 0 Å². The van der Waals surface area contributed by atoms with Crippen molar-refractivity contribution in [2.75, 3.05) is 0 Å². The maximum Gasteiger partial charge on any atom is 0.0260 e. The Labute approximate surface area is 174 Å². The van der Waals surface area contributed by atoms with Gasteiger partial charge in [0.05, 0.1) is 0 Å². The summed E-state index contributed by atoms with van der Waals surface area (Å²) in [6, 6.07) is 1.20. The molecule has 0 aromatic rings. The van der Waals surface area contributed by atoms with Crippen LogP contribution in [0.1, 0.15) is 79.6 Å². The summed E-state index contributed by atoms with van der Waals surface area (Å²) in [5, 5.41) is 3.88. The molecule has 1 aliphatic heterocycles. The van der Waals surface area contributed by atoms with Crippen LogP contribution in [0.25, 0.3) is 0 Å². The van der Waals surface area contributed by atoms with Crippen LogP contribution in [0, 0.1) is 29.6 Å². The van der Waals surface area contributed by atoms with Crippen molar-refractivity contribution in [3.05, 3.63) is 47.6 Å². The summed E-state index contributed by atoms with van der Waals surface area (Å²) in [7, 11) is 0. The van der Waals surface area contributed by atoms with Gasteiger partial charge in [-0.1, -0.05) is 62.8 Å². The molecular weight excluding hydrogens is 338 g/mol. The lowest BCUT2D eigenvalue weighted by Gasteiger charge is -2.34. The highest BCUT2D eigenvalue weighted by Crippen LogP contribution is 2.42. The highest BCUT2D eigenvalue weighted by atomic mass is 15.0. The van der Waals surface area contributed by atoms with Gasteiger partial charge in [-0.05, 0) is 88.0 Å². The Morgan fingerprint density at radius 3 is 2.75 bits per heavy atom. The van der Waals surface area contributed by atoms with Crippen LogP contribution in [0.3, 0.4) is 0 Å². The Hall–Kier alpha value is -1.08. The van der Waals surface area contributed by atoms with Gasteiger partial charge in [0.15, 0.2) is 0 Å². The standard InChI is InChI=1S/C27H43N/c1-6-11-19(3)24(23-13-9-8-10-14-23)16-15-22-17-20(4)27-26(18-22)25(12-7-2)21(5)28-27/h6,8-9,11-12,18-21,23-24,26-28H,7,10,13-17H2,1-5H3/b11-6-,25-12+. The van der Waals surface area contributed by atoms with Gasteiger partial charge in [-0.15, -0.1) is 0 Å². The van der Waals surface area contributed by atoms with Crippen molar-refractivity contribution < 1.29 is 0 Å². The number of hydrogen-bond donors (Lipinski definition) is 1. The lowest BCUT2D eigenvalue weighted by Crippen LogP contribution is -2.37. The first-order valence-corrected chi connectivity index (χ1v) is 12.0. The minimum atomic E-state index is 0.546. The Balaban J connectivity index is 1.72. The van der Waals surface area contributed by atoms with E-state index in [2.05, 4.69) is 76.4 Å². The Morgan fingerprint density at radius 1 is 1.25 bits per heavy atom. The molecule has 156 valence electrons. The first-order chi connectivity index (χ1) is 13.5. The van der Waals surface area contributed by atoms with E-state index in [4.69, 9.17) is 0 Å². The summed E-state index contributed by atoms with van der Waals surface area (Å²) >= 11 is 0. The van der Waals surface area contributed by atoms with Crippen LogP contribution >= 0.6 is 0 Å². The molecular formula is C27H43N. The molecule has 0 saturated carbocycles. The molecule has 3 rings (SSSR count). The van der Waals surface area contributed by atoms with Gasteiger partial charge in [-0.2, -0.15) is 0 Å². The molecule has 0 radical (unpaired) electrons. The first-order valence-electron chi connectivity index (χ1n) is 12.0. The van der Waals surface area contributed by atoms with Crippen LogP contribution < -0.4 is 5.32 Å². The van der Waals surface area contributed by atoms with Crippen LogP contribution in [0.2, 0.25) is 0 Å². The summed E-state index contributed by atoms with van der Waals surface area (Å²) in [4.78, 5) is 0. The molecule has 0 aromatic heterocycles. The van der Waals surface area contributed by atoms with Crippen LogP contribution in [0.4, 0.5) is 0 Å². The molecule has 1 fully saturated rings. The van der Waals surface area contributed by atoms with Gasteiger partial charge < -0.3 is 5.32 Å². The zero-order valence-electron chi connectivity index (χ0n) is 19.0. The third kappa shape index (κ3) is 4.90. The number of hydrogen-bond acceptors (Lipinski definition) is 1. The highest BCUT2D eigenvalue weighted by Gasteiger charge is 2.40. The number of rotatable bonds is 7. The van der Waals surface area contributed by atoms with E-state index >= 15 is 0 Å². The average Bonchev–Trinajstić information content (AvgIpc) is 3.00. The van der Waals surface area contributed by atoms with Gasteiger partial charge in [0, 0.05) is 18.0 Å². The van der Waals surface area contributed by atoms with Gasteiger partial charge >= 0.3 is 0 Å². The molecule has 1 nitrogen and oxygen atoms in total. The van der Waals surface area contributed by atoms with E-state index < -0.39 is 0 Å². The van der Waals surface area contributed by atoms with E-state index in [-0.39, 0.29) is 0 Å². The fourth-order valence-electron chi connectivity index (χ4n) is 6.23. The third-order valence-electron chi connectivity index (χ3n) is 7.65. The monoisotopic (exact) mass is 381 g/mol. The maximum atomic E-state index is 3.88. The molecule has 3 aliphatic rings. The minimum absolute atomic E-state index is 0.546. The zero-order chi connectivity index (χ0) is 20.1. The first kappa shape index (κ1) is 21.6. The Morgan fingerprint density at radius 2 is 2.07 bits per heavy atom. The summed E-state index contributed by atoms with van der Waals surface area (Å²) in [6.07, 6.45) is 23.7. The predicted octanol–water partition coefficient (Wildman–Crippen LogP) is 7.23. The average molecular weight is 382 g/mol. The minimum Gasteiger partial charge on any atom is -0.307 e. The fourth-order valence-corrected chi connectivity index (χ4v) is 6.23. The lowest BCUT2D eigenvalue weighted by molar-refractivity contribution is 0.236. The topological polar surface area (TPSA) is 12.0 Å². The second-order valence-corrected chi connectivity index (χ2v) is 9.69. The fraction of sp³-hybridized carbons (Fsp3) is 0.704. The smallest absolute Gasteiger partial charge is 0.0260 e. The molecule has 0 bridgehead atoms. The predicted molar refractivity (Wildman–Crippen MR) is 123 cm³/mol. The van der Waals surface area contributed by atoms with E-state index in [1.54, 1.807) is 11.1 Å². The lowest BCUT2D eigenvalue weighted by atomic mass is 9.71. The quantitative estimate of drug-likeness (QED) is 0.459. The van der Waals surface area contributed by atoms with Crippen molar-refractivity contribution in [2.24, 2.45) is 29.6 Å². The van der Waals surface area contributed by atoms with Gasteiger partial charge in [0.25, 0.3) is 0 Å². The van der Waals surface area contributed by atoms with E-state index in [1.165, 1.54) is 38.5 Å². The normalized spacial score (nSPS) is 36.5. The van der Waals surface area contributed by atoms with Gasteiger partial charge in [0.1, 0.15) is 0 Å².